The molecule has 0 saturated heterocycles. The van der Waals surface area contributed by atoms with Gasteiger partial charge in [-0.2, -0.15) is 0 Å². The second-order valence-corrected chi connectivity index (χ2v) is 4.42. The Morgan fingerprint density at radius 1 is 1.41 bits per heavy atom. The van der Waals surface area contributed by atoms with Crippen LogP contribution in [0.25, 0.3) is 0 Å². The summed E-state index contributed by atoms with van der Waals surface area (Å²) in [5, 5.41) is 8.47. The molecule has 6 heteroatoms. The van der Waals surface area contributed by atoms with Crippen molar-refractivity contribution in [2.24, 2.45) is 11.8 Å². The Labute approximate surface area is 101 Å². The number of amides is 1. The second-order valence-electron chi connectivity index (χ2n) is 4.42. The molecule has 98 valence electrons. The molecule has 0 bridgehead atoms. The molecule has 3 atom stereocenters. The Kier molecular flexibility index (Phi) is 5.21. The van der Waals surface area contributed by atoms with Crippen LogP contribution in [0, 0.1) is 11.8 Å². The van der Waals surface area contributed by atoms with Crippen molar-refractivity contribution in [3.63, 3.8) is 0 Å². The molecule has 0 aromatic rings. The molecule has 1 amide bonds. The van der Waals surface area contributed by atoms with Gasteiger partial charge in [-0.1, -0.05) is 6.92 Å². The van der Waals surface area contributed by atoms with Crippen LogP contribution in [0.5, 0.6) is 0 Å². The Hall–Kier alpha value is -1.30. The minimum Gasteiger partial charge on any atom is -0.466 e. The molecule has 1 saturated carbocycles. The van der Waals surface area contributed by atoms with Crippen molar-refractivity contribution in [2.75, 3.05) is 6.61 Å². The standard InChI is InChI=1S/C11H20N2O4/c1-3-17-10(14)9-5-4-8(6-7(9)2)12-13-11(15)16/h7-9,12-13H,3-6H2,1-2H3,(H,15,16)/t7-,8+,9+/m1/s1. The summed E-state index contributed by atoms with van der Waals surface area (Å²) < 4.78 is 5.02. The molecule has 0 spiro atoms. The van der Waals surface area contributed by atoms with E-state index in [-0.39, 0.29) is 23.8 Å². The fourth-order valence-corrected chi connectivity index (χ4v) is 2.29. The van der Waals surface area contributed by atoms with Crippen molar-refractivity contribution in [2.45, 2.75) is 39.2 Å². The number of hydrazine groups is 1. The number of carbonyl (C=O) groups excluding carboxylic acids is 1. The Balaban J connectivity index is 2.38. The molecule has 1 aliphatic carbocycles. The van der Waals surface area contributed by atoms with E-state index in [4.69, 9.17) is 9.84 Å². The topological polar surface area (TPSA) is 87.7 Å². The minimum atomic E-state index is -1.09. The molecule has 0 aromatic heterocycles. The summed E-state index contributed by atoms with van der Waals surface area (Å²) in [4.78, 5) is 22.0. The van der Waals surface area contributed by atoms with E-state index in [0.717, 1.165) is 19.3 Å². The summed E-state index contributed by atoms with van der Waals surface area (Å²) in [6.45, 7) is 4.20. The lowest BCUT2D eigenvalue weighted by Gasteiger charge is -2.32. The quantitative estimate of drug-likeness (QED) is 0.509. The predicted molar refractivity (Wildman–Crippen MR) is 61.2 cm³/mol. The molecule has 0 heterocycles. The van der Waals surface area contributed by atoms with E-state index in [0.29, 0.717) is 6.61 Å². The van der Waals surface area contributed by atoms with Gasteiger partial charge in [-0.25, -0.2) is 10.2 Å². The van der Waals surface area contributed by atoms with Gasteiger partial charge in [-0.3, -0.25) is 10.2 Å². The van der Waals surface area contributed by atoms with Crippen LogP contribution in [0.4, 0.5) is 4.79 Å². The highest BCUT2D eigenvalue weighted by molar-refractivity contribution is 5.72. The molecule has 0 radical (unpaired) electrons. The van der Waals surface area contributed by atoms with Crippen molar-refractivity contribution in [1.82, 2.24) is 10.9 Å². The van der Waals surface area contributed by atoms with E-state index >= 15 is 0 Å². The molecule has 3 N–H and O–H groups in total. The average molecular weight is 244 g/mol. The maximum Gasteiger partial charge on any atom is 0.419 e. The van der Waals surface area contributed by atoms with Crippen LogP contribution < -0.4 is 10.9 Å². The highest BCUT2D eigenvalue weighted by Crippen LogP contribution is 2.30. The maximum atomic E-state index is 11.6. The summed E-state index contributed by atoms with van der Waals surface area (Å²) in [6.07, 6.45) is 1.18. The third-order valence-electron chi connectivity index (χ3n) is 3.14. The van der Waals surface area contributed by atoms with Gasteiger partial charge < -0.3 is 9.84 Å². The molecule has 1 fully saturated rings. The van der Waals surface area contributed by atoms with Gasteiger partial charge in [0.15, 0.2) is 0 Å². The number of rotatable bonds is 4. The number of carbonyl (C=O) groups is 2. The van der Waals surface area contributed by atoms with Crippen molar-refractivity contribution in [3.8, 4) is 0 Å². The van der Waals surface area contributed by atoms with Gasteiger partial charge in [0.05, 0.1) is 12.5 Å². The summed E-state index contributed by atoms with van der Waals surface area (Å²) >= 11 is 0. The summed E-state index contributed by atoms with van der Waals surface area (Å²) in [5.41, 5.74) is 4.90. The zero-order valence-corrected chi connectivity index (χ0v) is 10.2. The third-order valence-corrected chi connectivity index (χ3v) is 3.14. The Morgan fingerprint density at radius 3 is 2.65 bits per heavy atom. The smallest absolute Gasteiger partial charge is 0.419 e. The first kappa shape index (κ1) is 13.8. The summed E-state index contributed by atoms with van der Waals surface area (Å²) in [6, 6.07) is 0.0896. The van der Waals surface area contributed by atoms with E-state index in [2.05, 4.69) is 10.9 Å². The van der Waals surface area contributed by atoms with Gasteiger partial charge in [0, 0.05) is 6.04 Å². The van der Waals surface area contributed by atoms with Gasteiger partial charge in [-0.05, 0) is 32.1 Å². The predicted octanol–water partition coefficient (Wildman–Crippen LogP) is 1.13. The van der Waals surface area contributed by atoms with Crippen molar-refractivity contribution in [1.29, 1.82) is 0 Å². The molecular formula is C11H20N2O4. The highest BCUT2D eigenvalue weighted by Gasteiger charge is 2.33. The fourth-order valence-electron chi connectivity index (χ4n) is 2.29. The largest absolute Gasteiger partial charge is 0.466 e. The second kappa shape index (κ2) is 6.44. The molecule has 6 nitrogen and oxygen atoms in total. The average Bonchev–Trinajstić information content (AvgIpc) is 2.26. The van der Waals surface area contributed by atoms with Crippen LogP contribution in [0.15, 0.2) is 0 Å². The number of hydrogen-bond donors (Lipinski definition) is 3. The lowest BCUT2D eigenvalue weighted by atomic mass is 9.78. The van der Waals surface area contributed by atoms with Crippen LogP contribution in [0.2, 0.25) is 0 Å². The number of nitrogens with one attached hydrogen (secondary N) is 2. The van der Waals surface area contributed by atoms with E-state index < -0.39 is 6.09 Å². The van der Waals surface area contributed by atoms with Crippen molar-refractivity contribution in [3.05, 3.63) is 0 Å². The van der Waals surface area contributed by atoms with Gasteiger partial charge in [0.2, 0.25) is 0 Å². The Morgan fingerprint density at radius 2 is 2.12 bits per heavy atom. The highest BCUT2D eigenvalue weighted by atomic mass is 16.5. The normalized spacial score (nSPS) is 28.5. The number of esters is 1. The first-order valence-electron chi connectivity index (χ1n) is 5.95. The van der Waals surface area contributed by atoms with E-state index in [1.807, 2.05) is 6.92 Å². The van der Waals surface area contributed by atoms with Crippen LogP contribution in [0.1, 0.15) is 33.1 Å². The van der Waals surface area contributed by atoms with Crippen molar-refractivity contribution < 1.29 is 19.4 Å². The first-order chi connectivity index (χ1) is 8.04. The maximum absolute atomic E-state index is 11.6. The van der Waals surface area contributed by atoms with E-state index in [1.54, 1.807) is 6.92 Å². The minimum absolute atomic E-state index is 0.0576. The lowest BCUT2D eigenvalue weighted by Crippen LogP contribution is -2.47. The molecule has 1 aliphatic rings. The van der Waals surface area contributed by atoms with Crippen LogP contribution in [0.3, 0.4) is 0 Å². The van der Waals surface area contributed by atoms with Gasteiger partial charge in [-0.15, -0.1) is 0 Å². The lowest BCUT2D eigenvalue weighted by molar-refractivity contribution is -0.151. The molecule has 0 aromatic carbocycles. The van der Waals surface area contributed by atoms with Gasteiger partial charge in [0.25, 0.3) is 0 Å². The third kappa shape index (κ3) is 4.22. The molecule has 17 heavy (non-hydrogen) atoms. The monoisotopic (exact) mass is 244 g/mol. The fraction of sp³-hybridized carbons (Fsp3) is 0.818. The van der Waals surface area contributed by atoms with E-state index in [1.165, 1.54) is 0 Å². The van der Waals surface area contributed by atoms with Crippen LogP contribution >= 0.6 is 0 Å². The molecular weight excluding hydrogens is 224 g/mol. The first-order valence-corrected chi connectivity index (χ1v) is 5.95. The van der Waals surface area contributed by atoms with Crippen LogP contribution in [-0.2, 0) is 9.53 Å². The summed E-state index contributed by atoms with van der Waals surface area (Å²) in [5.74, 6) is 0.0124. The molecule has 0 aliphatic heterocycles. The number of carboxylic acid groups (broad SMARTS) is 1. The van der Waals surface area contributed by atoms with E-state index in [9.17, 15) is 9.59 Å². The number of hydrogen-bond acceptors (Lipinski definition) is 4. The zero-order chi connectivity index (χ0) is 12.8. The van der Waals surface area contributed by atoms with Gasteiger partial charge in [0.1, 0.15) is 0 Å². The van der Waals surface area contributed by atoms with Crippen molar-refractivity contribution >= 4 is 12.1 Å². The SMILES string of the molecule is CCOC(=O)[C@H]1CC[C@H](NNC(=O)O)C[C@H]1C. The summed E-state index contributed by atoms with van der Waals surface area (Å²) in [7, 11) is 0. The zero-order valence-electron chi connectivity index (χ0n) is 10.2. The molecule has 0 unspecified atom stereocenters. The van der Waals surface area contributed by atoms with Crippen LogP contribution in [-0.4, -0.2) is 29.8 Å². The Bertz CT molecular complexity index is 283. The number of ether oxygens (including phenoxy) is 1. The molecule has 1 rings (SSSR count). The van der Waals surface area contributed by atoms with Gasteiger partial charge >= 0.3 is 12.1 Å².